The van der Waals surface area contributed by atoms with Crippen LogP contribution in [0.3, 0.4) is 0 Å². The highest BCUT2D eigenvalue weighted by molar-refractivity contribution is 6.04. The van der Waals surface area contributed by atoms with Crippen molar-refractivity contribution in [2.45, 2.75) is 57.0 Å². The molecule has 0 spiro atoms. The molecular weight excluding hydrogens is 476 g/mol. The Morgan fingerprint density at radius 3 is 2.47 bits per heavy atom. The maximum atomic E-state index is 12.7. The van der Waals surface area contributed by atoms with Crippen molar-refractivity contribution < 1.29 is 9.47 Å². The summed E-state index contributed by atoms with van der Waals surface area (Å²) < 4.78 is 13.3. The Labute approximate surface area is 223 Å². The molecule has 0 bridgehead atoms. The third-order valence-electron chi connectivity index (χ3n) is 8.53. The van der Waals surface area contributed by atoms with Gasteiger partial charge in [0.2, 0.25) is 0 Å². The number of fused-ring (bicyclic) bond motifs is 3. The standard InChI is InChI=1S/C31H38N4O3/c1-34-30-28(22-8-11-24(37-2)12-9-22)32-27-15-10-23(20-26(27)29(30)33-31(34)36)21-6-13-25(14-7-21)38-19-5-18-35-16-3-4-17-35/h6-7,10,13-15,20,22,24H,3-5,8-9,11-12,16-19H2,1-2H3,(H,33,36). The number of methoxy groups -OCH3 is 1. The summed E-state index contributed by atoms with van der Waals surface area (Å²) in [5.41, 5.74) is 5.87. The van der Waals surface area contributed by atoms with Crippen LogP contribution < -0.4 is 10.4 Å². The molecule has 1 aliphatic carbocycles. The lowest BCUT2D eigenvalue weighted by Crippen LogP contribution is -2.21. The normalized spacial score (nSPS) is 20.5. The average molecular weight is 515 g/mol. The van der Waals surface area contributed by atoms with Crippen LogP contribution in [0.2, 0.25) is 0 Å². The van der Waals surface area contributed by atoms with Crippen molar-refractivity contribution in [3.05, 3.63) is 58.6 Å². The molecule has 1 saturated heterocycles. The van der Waals surface area contributed by atoms with Gasteiger partial charge in [0.1, 0.15) is 5.75 Å². The fourth-order valence-electron chi connectivity index (χ4n) is 6.29. The summed E-state index contributed by atoms with van der Waals surface area (Å²) in [4.78, 5) is 23.5. The molecular formula is C31H38N4O3. The molecule has 7 nitrogen and oxygen atoms in total. The van der Waals surface area contributed by atoms with Crippen LogP contribution in [0, 0.1) is 0 Å². The SMILES string of the molecule is COC1CCC(c2nc3ccc(-c4ccc(OCCCN5CCCC5)cc4)cc3c3[nH]c(=O)n(C)c23)CC1. The van der Waals surface area contributed by atoms with Crippen molar-refractivity contribution in [2.75, 3.05) is 33.4 Å². The molecule has 2 aliphatic rings. The average Bonchev–Trinajstić information content (AvgIpc) is 3.59. The lowest BCUT2D eigenvalue weighted by molar-refractivity contribution is 0.0656. The summed E-state index contributed by atoms with van der Waals surface area (Å²) in [6, 6.07) is 14.7. The van der Waals surface area contributed by atoms with E-state index in [-0.39, 0.29) is 5.69 Å². The van der Waals surface area contributed by atoms with Crippen molar-refractivity contribution in [1.29, 1.82) is 0 Å². The maximum Gasteiger partial charge on any atom is 0.326 e. The fraction of sp³-hybridized carbons (Fsp3) is 0.484. The monoisotopic (exact) mass is 514 g/mol. The predicted molar refractivity (Wildman–Crippen MR) is 152 cm³/mol. The second-order valence-corrected chi connectivity index (χ2v) is 10.9. The number of hydrogen-bond donors (Lipinski definition) is 1. The highest BCUT2D eigenvalue weighted by Gasteiger charge is 2.27. The van der Waals surface area contributed by atoms with Gasteiger partial charge in [-0.05, 0) is 93.4 Å². The summed E-state index contributed by atoms with van der Waals surface area (Å²) in [5, 5.41) is 0.978. The zero-order valence-electron chi connectivity index (χ0n) is 22.5. The van der Waals surface area contributed by atoms with Gasteiger partial charge >= 0.3 is 5.69 Å². The Kier molecular flexibility index (Phi) is 7.22. The van der Waals surface area contributed by atoms with E-state index in [2.05, 4.69) is 40.2 Å². The van der Waals surface area contributed by atoms with E-state index in [4.69, 9.17) is 14.5 Å². The van der Waals surface area contributed by atoms with E-state index in [9.17, 15) is 4.79 Å². The number of aryl methyl sites for hydroxylation is 1. The number of ether oxygens (including phenoxy) is 2. The first-order valence-electron chi connectivity index (χ1n) is 14.1. The van der Waals surface area contributed by atoms with Crippen LogP contribution in [0.15, 0.2) is 47.3 Å². The molecule has 0 radical (unpaired) electrons. The molecule has 4 aromatic rings. The quantitative estimate of drug-likeness (QED) is 0.309. The molecule has 1 saturated carbocycles. The molecule has 0 amide bonds. The number of nitrogens with one attached hydrogen (secondary N) is 1. The summed E-state index contributed by atoms with van der Waals surface area (Å²) in [5.74, 6) is 1.23. The maximum absolute atomic E-state index is 12.7. The van der Waals surface area contributed by atoms with Gasteiger partial charge < -0.3 is 19.4 Å². The second kappa shape index (κ2) is 10.9. The highest BCUT2D eigenvalue weighted by Crippen LogP contribution is 2.38. The summed E-state index contributed by atoms with van der Waals surface area (Å²) in [6.07, 6.45) is 8.14. The molecule has 6 rings (SSSR count). The minimum absolute atomic E-state index is 0.0993. The molecule has 3 heterocycles. The minimum atomic E-state index is -0.0993. The van der Waals surface area contributed by atoms with Gasteiger partial charge in [-0.1, -0.05) is 18.2 Å². The smallest absolute Gasteiger partial charge is 0.326 e. The number of pyridine rings is 1. The van der Waals surface area contributed by atoms with E-state index in [0.717, 1.165) is 89.8 Å². The molecule has 2 fully saturated rings. The third kappa shape index (κ3) is 4.97. The molecule has 2 aromatic carbocycles. The topological polar surface area (TPSA) is 72.4 Å². The Hall–Kier alpha value is -3.16. The Balaban J connectivity index is 1.24. The van der Waals surface area contributed by atoms with Crippen LogP contribution in [0.4, 0.5) is 0 Å². The van der Waals surface area contributed by atoms with E-state index >= 15 is 0 Å². The minimum Gasteiger partial charge on any atom is -0.494 e. The Morgan fingerprint density at radius 1 is 1.00 bits per heavy atom. The van der Waals surface area contributed by atoms with Crippen molar-refractivity contribution in [2.24, 2.45) is 7.05 Å². The molecule has 2 aromatic heterocycles. The van der Waals surface area contributed by atoms with E-state index in [0.29, 0.717) is 12.0 Å². The van der Waals surface area contributed by atoms with Crippen LogP contribution >= 0.6 is 0 Å². The van der Waals surface area contributed by atoms with Crippen molar-refractivity contribution in [3.63, 3.8) is 0 Å². The van der Waals surface area contributed by atoms with Crippen LogP contribution in [0.5, 0.6) is 5.75 Å². The van der Waals surface area contributed by atoms with Gasteiger partial charge in [0.25, 0.3) is 0 Å². The van der Waals surface area contributed by atoms with Crippen LogP contribution in [-0.4, -0.2) is 58.9 Å². The van der Waals surface area contributed by atoms with Gasteiger partial charge in [0.05, 0.1) is 35.0 Å². The first kappa shape index (κ1) is 25.1. The summed E-state index contributed by atoms with van der Waals surface area (Å²) in [7, 11) is 3.63. The van der Waals surface area contributed by atoms with E-state index in [1.54, 1.807) is 11.7 Å². The number of aromatic nitrogens is 3. The number of hydrogen-bond acceptors (Lipinski definition) is 5. The Bertz CT molecular complexity index is 1460. The number of aromatic amines is 1. The third-order valence-corrected chi connectivity index (χ3v) is 8.53. The number of H-pyrrole nitrogens is 1. The van der Waals surface area contributed by atoms with Gasteiger partial charge in [-0.25, -0.2) is 4.79 Å². The number of imidazole rings is 1. The summed E-state index contributed by atoms with van der Waals surface area (Å²) >= 11 is 0. The van der Waals surface area contributed by atoms with Gasteiger partial charge in [0.15, 0.2) is 0 Å². The van der Waals surface area contributed by atoms with Crippen LogP contribution in [0.1, 0.15) is 56.6 Å². The van der Waals surface area contributed by atoms with Crippen LogP contribution in [0.25, 0.3) is 33.1 Å². The first-order valence-corrected chi connectivity index (χ1v) is 14.1. The number of likely N-dealkylation sites (tertiary alicyclic amines) is 1. The van der Waals surface area contributed by atoms with E-state index < -0.39 is 0 Å². The molecule has 0 unspecified atom stereocenters. The van der Waals surface area contributed by atoms with Gasteiger partial charge in [-0.2, -0.15) is 0 Å². The van der Waals surface area contributed by atoms with Crippen molar-refractivity contribution in [1.82, 2.24) is 19.4 Å². The molecule has 7 heteroatoms. The van der Waals surface area contributed by atoms with Crippen molar-refractivity contribution >= 4 is 21.9 Å². The van der Waals surface area contributed by atoms with Gasteiger partial charge in [-0.3, -0.25) is 9.55 Å². The lowest BCUT2D eigenvalue weighted by atomic mass is 9.84. The van der Waals surface area contributed by atoms with E-state index in [1.807, 2.05) is 19.2 Å². The summed E-state index contributed by atoms with van der Waals surface area (Å²) in [6.45, 7) is 4.33. The molecule has 0 atom stereocenters. The molecule has 1 aliphatic heterocycles. The number of nitrogens with zero attached hydrogens (tertiary/aromatic N) is 3. The van der Waals surface area contributed by atoms with Crippen LogP contribution in [-0.2, 0) is 11.8 Å². The highest BCUT2D eigenvalue weighted by atomic mass is 16.5. The number of rotatable bonds is 8. The zero-order chi connectivity index (χ0) is 26.1. The van der Waals surface area contributed by atoms with Gasteiger partial charge in [0, 0.05) is 32.0 Å². The number of benzene rings is 2. The largest absolute Gasteiger partial charge is 0.494 e. The van der Waals surface area contributed by atoms with Crippen molar-refractivity contribution in [3.8, 4) is 16.9 Å². The first-order chi connectivity index (χ1) is 18.6. The predicted octanol–water partition coefficient (Wildman–Crippen LogP) is 5.62. The Morgan fingerprint density at radius 2 is 1.74 bits per heavy atom. The zero-order valence-corrected chi connectivity index (χ0v) is 22.5. The van der Waals surface area contributed by atoms with Gasteiger partial charge in [-0.15, -0.1) is 0 Å². The van der Waals surface area contributed by atoms with E-state index in [1.165, 1.54) is 25.9 Å². The molecule has 38 heavy (non-hydrogen) atoms. The lowest BCUT2D eigenvalue weighted by Gasteiger charge is -2.27. The second-order valence-electron chi connectivity index (χ2n) is 10.9. The molecule has 1 N–H and O–H groups in total. The molecule has 200 valence electrons. The fourth-order valence-corrected chi connectivity index (χ4v) is 6.29.